The largest absolute Gasteiger partial charge is 0.440 e. The SMILES string of the molecule is CNC(=O)C1=CC(=[N+](OSc2cccc(Br)c2)S(=O)(=O)c2ccc(C)cc2)C(SC)S1. The van der Waals surface area contributed by atoms with Gasteiger partial charge >= 0.3 is 10.0 Å². The van der Waals surface area contributed by atoms with Gasteiger partial charge in [0, 0.05) is 17.6 Å². The minimum absolute atomic E-state index is 0.104. The summed E-state index contributed by atoms with van der Waals surface area (Å²) in [6, 6.07) is 13.9. The molecule has 2 aromatic rings. The van der Waals surface area contributed by atoms with Crippen LogP contribution in [0.2, 0.25) is 0 Å². The summed E-state index contributed by atoms with van der Waals surface area (Å²) in [4.78, 5) is 13.4. The molecule has 1 unspecified atom stereocenters. The first-order chi connectivity index (χ1) is 14.8. The van der Waals surface area contributed by atoms with E-state index in [1.165, 1.54) is 30.6 Å². The fourth-order valence-electron chi connectivity index (χ4n) is 2.59. The lowest BCUT2D eigenvalue weighted by Gasteiger charge is -2.08. The number of halogens is 1. The molecule has 0 fully saturated rings. The van der Waals surface area contributed by atoms with Gasteiger partial charge in [-0.1, -0.05) is 51.5 Å². The van der Waals surface area contributed by atoms with E-state index in [0.29, 0.717) is 10.6 Å². The topological polar surface area (TPSA) is 75.5 Å². The molecule has 0 radical (unpaired) electrons. The lowest BCUT2D eigenvalue weighted by Crippen LogP contribution is -2.29. The number of benzene rings is 2. The number of allylic oxidation sites excluding steroid dienone is 1. The van der Waals surface area contributed by atoms with Crippen LogP contribution in [0.4, 0.5) is 0 Å². The normalized spacial score (nSPS) is 17.8. The van der Waals surface area contributed by atoms with Gasteiger partial charge in [-0.2, -0.15) is 12.7 Å². The zero-order valence-corrected chi connectivity index (χ0v) is 21.7. The Bertz CT molecular complexity index is 1150. The molecule has 1 N–H and O–H groups in total. The van der Waals surface area contributed by atoms with Crippen molar-refractivity contribution in [3.63, 3.8) is 0 Å². The lowest BCUT2D eigenvalue weighted by atomic mass is 10.2. The second kappa shape index (κ2) is 10.5. The monoisotopic (exact) mass is 559 g/mol. The number of carbonyl (C=O) groups is 1. The van der Waals surface area contributed by atoms with Crippen LogP contribution in [0.1, 0.15) is 5.56 Å². The molecule has 0 aliphatic carbocycles. The molecule has 11 heteroatoms. The molecule has 164 valence electrons. The van der Waals surface area contributed by atoms with Crippen molar-refractivity contribution in [3.8, 4) is 0 Å². The van der Waals surface area contributed by atoms with E-state index in [1.807, 2.05) is 37.4 Å². The van der Waals surface area contributed by atoms with Gasteiger partial charge in [-0.25, -0.2) is 0 Å². The van der Waals surface area contributed by atoms with Crippen molar-refractivity contribution < 1.29 is 21.6 Å². The highest BCUT2D eigenvalue weighted by atomic mass is 79.9. The minimum atomic E-state index is -4.04. The molecule has 0 saturated carbocycles. The van der Waals surface area contributed by atoms with E-state index in [4.69, 9.17) is 4.28 Å². The van der Waals surface area contributed by atoms with Crippen LogP contribution in [0, 0.1) is 6.92 Å². The Hall–Kier alpha value is -1.40. The number of aryl methyl sites for hydroxylation is 1. The highest BCUT2D eigenvalue weighted by Crippen LogP contribution is 2.38. The number of nitrogens with one attached hydrogen (secondary N) is 1. The average Bonchev–Trinajstić information content (AvgIpc) is 3.17. The summed E-state index contributed by atoms with van der Waals surface area (Å²) < 4.78 is 34.3. The molecule has 1 heterocycles. The summed E-state index contributed by atoms with van der Waals surface area (Å²) in [6.45, 7) is 1.89. The van der Waals surface area contributed by atoms with Gasteiger partial charge in [-0.3, -0.25) is 4.79 Å². The molecule has 0 spiro atoms. The first-order valence-electron chi connectivity index (χ1n) is 8.98. The molecular weight excluding hydrogens is 540 g/mol. The van der Waals surface area contributed by atoms with Crippen LogP contribution in [0.25, 0.3) is 0 Å². The zero-order chi connectivity index (χ0) is 22.6. The van der Waals surface area contributed by atoms with E-state index in [2.05, 4.69) is 21.2 Å². The molecule has 31 heavy (non-hydrogen) atoms. The third-order valence-electron chi connectivity index (χ3n) is 4.16. The summed E-state index contributed by atoms with van der Waals surface area (Å²) in [5, 5.41) is 2.58. The predicted octanol–water partition coefficient (Wildman–Crippen LogP) is 4.60. The summed E-state index contributed by atoms with van der Waals surface area (Å²) in [6.07, 6.45) is 3.42. The Morgan fingerprint density at radius 2 is 1.94 bits per heavy atom. The molecule has 6 nitrogen and oxygen atoms in total. The number of sulfonamides is 1. The number of carbonyl (C=O) groups excluding carboxylic acids is 1. The summed E-state index contributed by atoms with van der Waals surface area (Å²) in [5.41, 5.74) is 1.32. The summed E-state index contributed by atoms with van der Waals surface area (Å²) in [5.74, 6) is -0.272. The van der Waals surface area contributed by atoms with Crippen LogP contribution >= 0.6 is 51.5 Å². The Balaban J connectivity index is 2.11. The first-order valence-corrected chi connectivity index (χ1v) is 14.1. The number of nitrogens with zero attached hydrogens (tertiary/aromatic N) is 1. The lowest BCUT2D eigenvalue weighted by molar-refractivity contribution is -0.617. The third kappa shape index (κ3) is 5.70. The van der Waals surface area contributed by atoms with Crippen molar-refractivity contribution in [2.24, 2.45) is 0 Å². The molecule has 1 aliphatic rings. The number of amides is 1. The minimum Gasteiger partial charge on any atom is -0.355 e. The molecule has 0 saturated heterocycles. The van der Waals surface area contributed by atoms with Crippen LogP contribution < -0.4 is 5.32 Å². The molecule has 1 amide bonds. The number of hydrogen-bond donors (Lipinski definition) is 1. The standard InChI is InChI=1S/C20H19BrN2O4S4/c1-13-7-9-16(10-8-13)31(25,26)23(27-30-15-6-4-5-14(21)11-15)17-12-18(19(24)22-2)29-20(17)28-3/h4-12,20H,1-3H3/p+1. The number of thioether (sulfide) groups is 2. The zero-order valence-electron chi connectivity index (χ0n) is 16.9. The van der Waals surface area contributed by atoms with Crippen molar-refractivity contribution in [2.45, 2.75) is 21.3 Å². The van der Waals surface area contributed by atoms with Crippen molar-refractivity contribution in [1.29, 1.82) is 0 Å². The fraction of sp³-hybridized carbons (Fsp3) is 0.200. The third-order valence-corrected chi connectivity index (χ3v) is 9.56. The van der Waals surface area contributed by atoms with E-state index in [9.17, 15) is 13.2 Å². The number of rotatable bonds is 7. The molecular formula is C20H20BrN2O4S4+. The van der Waals surface area contributed by atoms with Gasteiger partial charge in [0.15, 0.2) is 12.0 Å². The Morgan fingerprint density at radius 3 is 2.55 bits per heavy atom. The van der Waals surface area contributed by atoms with Crippen molar-refractivity contribution >= 4 is 73.1 Å². The van der Waals surface area contributed by atoms with Gasteiger partial charge < -0.3 is 5.32 Å². The maximum Gasteiger partial charge on any atom is 0.440 e. The average molecular weight is 561 g/mol. The van der Waals surface area contributed by atoms with E-state index in [1.54, 1.807) is 30.3 Å². The van der Waals surface area contributed by atoms with Crippen LogP contribution in [0.15, 0.2) is 73.8 Å². The Labute approximate surface area is 203 Å². The van der Waals surface area contributed by atoms with Crippen molar-refractivity contribution in [1.82, 2.24) is 5.32 Å². The van der Waals surface area contributed by atoms with E-state index >= 15 is 0 Å². The van der Waals surface area contributed by atoms with Gasteiger partial charge in [0.1, 0.15) is 13.6 Å². The van der Waals surface area contributed by atoms with Gasteiger partial charge in [-0.15, -0.1) is 11.8 Å². The van der Waals surface area contributed by atoms with Crippen LogP contribution in [-0.4, -0.2) is 42.1 Å². The van der Waals surface area contributed by atoms with E-state index in [0.717, 1.165) is 31.1 Å². The quantitative estimate of drug-likeness (QED) is 0.301. The van der Waals surface area contributed by atoms with Gasteiger partial charge in [0.2, 0.25) is 0 Å². The second-order valence-electron chi connectivity index (χ2n) is 6.36. The maximum atomic E-state index is 13.5. The Kier molecular flexibility index (Phi) is 8.19. The van der Waals surface area contributed by atoms with E-state index in [-0.39, 0.29) is 15.4 Å². The maximum absolute atomic E-state index is 13.5. The number of likely N-dealkylation sites (N-methyl/N-ethyl adjacent to an activating group) is 1. The highest BCUT2D eigenvalue weighted by molar-refractivity contribution is 9.10. The van der Waals surface area contributed by atoms with Gasteiger partial charge in [-0.05, 0) is 43.5 Å². The van der Waals surface area contributed by atoms with Gasteiger partial charge in [0.05, 0.1) is 9.80 Å². The van der Waals surface area contributed by atoms with Crippen molar-refractivity contribution in [2.75, 3.05) is 13.3 Å². The summed E-state index contributed by atoms with van der Waals surface area (Å²) in [7, 11) is -2.50. The molecule has 0 bridgehead atoms. The smallest absolute Gasteiger partial charge is 0.355 e. The van der Waals surface area contributed by atoms with Gasteiger partial charge in [0.25, 0.3) is 11.6 Å². The Morgan fingerprint density at radius 1 is 1.23 bits per heavy atom. The van der Waals surface area contributed by atoms with Crippen LogP contribution in [0.5, 0.6) is 0 Å². The highest BCUT2D eigenvalue weighted by Gasteiger charge is 2.43. The molecule has 1 aliphatic heterocycles. The van der Waals surface area contributed by atoms with Crippen LogP contribution in [0.3, 0.4) is 0 Å². The fourth-order valence-corrected chi connectivity index (χ4v) is 7.35. The van der Waals surface area contributed by atoms with Crippen LogP contribution in [-0.2, 0) is 19.1 Å². The predicted molar refractivity (Wildman–Crippen MR) is 132 cm³/mol. The number of hydrogen-bond acceptors (Lipinski definition) is 7. The second-order valence-corrected chi connectivity index (χ2v) is 12.2. The summed E-state index contributed by atoms with van der Waals surface area (Å²) >= 11 is 7.05. The molecule has 0 aromatic heterocycles. The first kappa shape index (κ1) is 24.2. The van der Waals surface area contributed by atoms with Crippen molar-refractivity contribution in [3.05, 3.63) is 69.5 Å². The molecule has 1 atom stereocenters. The molecule has 3 rings (SSSR count). The molecule has 2 aromatic carbocycles. The van der Waals surface area contributed by atoms with E-state index < -0.39 is 10.0 Å².